The van der Waals surface area contributed by atoms with Gasteiger partial charge in [-0.05, 0) is 33.6 Å². The van der Waals surface area contributed by atoms with E-state index >= 15 is 0 Å². The van der Waals surface area contributed by atoms with Crippen LogP contribution in [0.25, 0.3) is 0 Å². The lowest BCUT2D eigenvalue weighted by Gasteiger charge is -2.33. The molecule has 1 heterocycles. The molecule has 0 unspecified atom stereocenters. The predicted molar refractivity (Wildman–Crippen MR) is 66.5 cm³/mol. The third kappa shape index (κ3) is 2.72. The van der Waals surface area contributed by atoms with Gasteiger partial charge in [0.25, 0.3) is 0 Å². The van der Waals surface area contributed by atoms with Gasteiger partial charge in [-0.1, -0.05) is 12.2 Å². The molecule has 1 saturated heterocycles. The highest BCUT2D eigenvalue weighted by Gasteiger charge is 2.31. The number of nitrogens with zero attached hydrogens (tertiary/aromatic N) is 1. The minimum atomic E-state index is -0.571. The van der Waals surface area contributed by atoms with Gasteiger partial charge in [0.15, 0.2) is 5.78 Å². The number of carbonyl (C=O) groups excluding carboxylic acids is 2. The summed E-state index contributed by atoms with van der Waals surface area (Å²) in [4.78, 5) is 23.8. The summed E-state index contributed by atoms with van der Waals surface area (Å²) in [7, 11) is 0. The largest absolute Gasteiger partial charge is 0.442 e. The SMILES string of the molecule is CC(C)(C)OC(=O)N1CC(=O)C2=CCCC=C2N1. The van der Waals surface area contributed by atoms with E-state index in [4.69, 9.17) is 4.74 Å². The first-order valence-corrected chi connectivity index (χ1v) is 6.08. The number of hydrazine groups is 1. The molecule has 1 aliphatic carbocycles. The summed E-state index contributed by atoms with van der Waals surface area (Å²) in [5, 5.41) is 1.22. The number of Topliss-reactive ketones (excluding diaryl/α,β-unsaturated/α-hetero) is 1. The third-order valence-electron chi connectivity index (χ3n) is 2.63. The Morgan fingerprint density at radius 2 is 2.00 bits per heavy atom. The number of amides is 1. The molecule has 0 aromatic carbocycles. The lowest BCUT2D eigenvalue weighted by molar-refractivity contribution is -0.118. The fraction of sp³-hybridized carbons (Fsp3) is 0.538. The number of ketones is 1. The minimum absolute atomic E-state index is 0.0120. The number of hydrogen-bond acceptors (Lipinski definition) is 4. The van der Waals surface area contributed by atoms with Crippen molar-refractivity contribution in [2.75, 3.05) is 6.54 Å². The van der Waals surface area contributed by atoms with Gasteiger partial charge < -0.3 is 4.74 Å². The van der Waals surface area contributed by atoms with Crippen molar-refractivity contribution in [3.8, 4) is 0 Å². The Bertz CT molecular complexity index is 444. The fourth-order valence-corrected chi connectivity index (χ4v) is 1.89. The van der Waals surface area contributed by atoms with Crippen molar-refractivity contribution < 1.29 is 14.3 Å². The molecule has 0 aromatic heterocycles. The first kappa shape index (κ1) is 12.7. The van der Waals surface area contributed by atoms with E-state index < -0.39 is 11.7 Å². The molecule has 0 bridgehead atoms. The van der Waals surface area contributed by atoms with Crippen LogP contribution in [0.3, 0.4) is 0 Å². The Morgan fingerprint density at radius 3 is 2.67 bits per heavy atom. The van der Waals surface area contributed by atoms with E-state index in [1.54, 1.807) is 20.8 Å². The molecule has 1 aliphatic heterocycles. The van der Waals surface area contributed by atoms with E-state index in [0.717, 1.165) is 12.8 Å². The van der Waals surface area contributed by atoms with Crippen LogP contribution < -0.4 is 5.43 Å². The minimum Gasteiger partial charge on any atom is -0.442 e. The van der Waals surface area contributed by atoms with Crippen molar-refractivity contribution in [2.24, 2.45) is 0 Å². The van der Waals surface area contributed by atoms with E-state index in [1.807, 2.05) is 12.2 Å². The van der Waals surface area contributed by atoms with Crippen LogP contribution in [0.2, 0.25) is 0 Å². The smallest absolute Gasteiger partial charge is 0.429 e. The molecule has 2 aliphatic rings. The van der Waals surface area contributed by atoms with Crippen LogP contribution in [0.5, 0.6) is 0 Å². The zero-order valence-corrected chi connectivity index (χ0v) is 10.9. The summed E-state index contributed by atoms with van der Waals surface area (Å²) in [6, 6.07) is 0. The zero-order valence-electron chi connectivity index (χ0n) is 10.9. The topological polar surface area (TPSA) is 58.6 Å². The number of allylic oxidation sites excluding steroid dienone is 3. The number of rotatable bonds is 0. The molecule has 98 valence electrons. The van der Waals surface area contributed by atoms with Gasteiger partial charge in [-0.25, -0.2) is 9.80 Å². The Morgan fingerprint density at radius 1 is 1.33 bits per heavy atom. The highest BCUT2D eigenvalue weighted by Crippen LogP contribution is 2.22. The molecule has 1 fully saturated rings. The number of nitrogens with one attached hydrogen (secondary N) is 1. The molecule has 0 spiro atoms. The highest BCUT2D eigenvalue weighted by atomic mass is 16.6. The van der Waals surface area contributed by atoms with Gasteiger partial charge in [0.1, 0.15) is 12.1 Å². The zero-order chi connectivity index (χ0) is 13.3. The summed E-state index contributed by atoms with van der Waals surface area (Å²) in [5.74, 6) is -0.0504. The van der Waals surface area contributed by atoms with Gasteiger partial charge in [0, 0.05) is 5.57 Å². The Labute approximate surface area is 106 Å². The first-order chi connectivity index (χ1) is 8.37. The first-order valence-electron chi connectivity index (χ1n) is 6.08. The maximum atomic E-state index is 11.9. The van der Waals surface area contributed by atoms with Crippen LogP contribution in [0.1, 0.15) is 33.6 Å². The van der Waals surface area contributed by atoms with E-state index in [9.17, 15) is 9.59 Å². The molecule has 1 N–H and O–H groups in total. The third-order valence-corrected chi connectivity index (χ3v) is 2.63. The Balaban J connectivity index is 2.09. The van der Waals surface area contributed by atoms with Gasteiger partial charge >= 0.3 is 6.09 Å². The standard InChI is InChI=1S/C13H18N2O3/c1-13(2,3)18-12(17)15-8-11(16)9-6-4-5-7-10(9)14-15/h6-7,14H,4-5,8H2,1-3H3. The summed E-state index contributed by atoms with van der Waals surface area (Å²) < 4.78 is 5.23. The van der Waals surface area contributed by atoms with E-state index in [2.05, 4.69) is 5.43 Å². The molecule has 18 heavy (non-hydrogen) atoms. The van der Waals surface area contributed by atoms with Gasteiger partial charge in [-0.2, -0.15) is 0 Å². The van der Waals surface area contributed by atoms with Crippen LogP contribution in [-0.2, 0) is 9.53 Å². The molecule has 5 nitrogen and oxygen atoms in total. The highest BCUT2D eigenvalue weighted by molar-refractivity contribution is 6.03. The van der Waals surface area contributed by atoms with Crippen molar-refractivity contribution in [1.82, 2.24) is 10.4 Å². The molecule has 2 rings (SSSR count). The second-order valence-corrected chi connectivity index (χ2v) is 5.41. The molecule has 5 heteroatoms. The number of ether oxygens (including phenoxy) is 1. The van der Waals surface area contributed by atoms with Crippen molar-refractivity contribution in [3.63, 3.8) is 0 Å². The molecule has 0 atom stereocenters. The monoisotopic (exact) mass is 250 g/mol. The summed E-state index contributed by atoms with van der Waals surface area (Å²) in [5.41, 5.74) is 3.76. The normalized spacial score (nSPS) is 19.5. The quantitative estimate of drug-likeness (QED) is 0.713. The van der Waals surface area contributed by atoms with Crippen molar-refractivity contribution >= 4 is 11.9 Å². The average molecular weight is 250 g/mol. The Hall–Kier alpha value is -1.78. The molecule has 0 saturated carbocycles. The van der Waals surface area contributed by atoms with Crippen molar-refractivity contribution in [1.29, 1.82) is 0 Å². The van der Waals surface area contributed by atoms with Crippen LogP contribution in [0.4, 0.5) is 4.79 Å². The maximum absolute atomic E-state index is 11.9. The molecular weight excluding hydrogens is 232 g/mol. The lowest BCUT2D eigenvalue weighted by Crippen LogP contribution is -2.52. The van der Waals surface area contributed by atoms with Crippen molar-refractivity contribution in [3.05, 3.63) is 23.4 Å². The molecule has 0 radical (unpaired) electrons. The summed E-state index contributed by atoms with van der Waals surface area (Å²) >= 11 is 0. The van der Waals surface area contributed by atoms with E-state index in [1.165, 1.54) is 5.01 Å². The average Bonchev–Trinajstić information content (AvgIpc) is 2.26. The fourth-order valence-electron chi connectivity index (χ4n) is 1.89. The predicted octanol–water partition coefficient (Wildman–Crippen LogP) is 1.91. The van der Waals surface area contributed by atoms with E-state index in [-0.39, 0.29) is 12.3 Å². The van der Waals surface area contributed by atoms with Crippen LogP contribution in [0, 0.1) is 0 Å². The van der Waals surface area contributed by atoms with Crippen LogP contribution >= 0.6 is 0 Å². The van der Waals surface area contributed by atoms with Crippen LogP contribution in [0.15, 0.2) is 23.4 Å². The maximum Gasteiger partial charge on any atom is 0.429 e. The van der Waals surface area contributed by atoms with Crippen molar-refractivity contribution in [2.45, 2.75) is 39.2 Å². The van der Waals surface area contributed by atoms with Gasteiger partial charge in [0.05, 0.1) is 5.70 Å². The second kappa shape index (κ2) is 4.48. The lowest BCUT2D eigenvalue weighted by atomic mass is 9.98. The molecular formula is C13H18N2O3. The number of carbonyl (C=O) groups is 2. The van der Waals surface area contributed by atoms with Gasteiger partial charge in [0.2, 0.25) is 0 Å². The molecule has 1 amide bonds. The van der Waals surface area contributed by atoms with Gasteiger partial charge in [-0.15, -0.1) is 0 Å². The number of fused-ring (bicyclic) bond motifs is 1. The van der Waals surface area contributed by atoms with E-state index in [0.29, 0.717) is 11.3 Å². The Kier molecular flexibility index (Phi) is 3.15. The van der Waals surface area contributed by atoms with Crippen LogP contribution in [-0.4, -0.2) is 29.0 Å². The number of hydrogen-bond donors (Lipinski definition) is 1. The summed E-state index contributed by atoms with van der Waals surface area (Å²) in [6.45, 7) is 5.39. The summed E-state index contributed by atoms with van der Waals surface area (Å²) in [6.07, 6.45) is 5.07. The molecule has 0 aromatic rings. The van der Waals surface area contributed by atoms with Gasteiger partial charge in [-0.3, -0.25) is 10.2 Å². The second-order valence-electron chi connectivity index (χ2n) is 5.41.